The molecule has 2 aromatic rings. The highest BCUT2D eigenvalue weighted by Crippen LogP contribution is 2.18. The Morgan fingerprint density at radius 2 is 2.25 bits per heavy atom. The average Bonchev–Trinajstić information content (AvgIpc) is 2.74. The van der Waals surface area contributed by atoms with Crippen LogP contribution in [-0.2, 0) is 4.74 Å². The second kappa shape index (κ2) is 3.69. The second-order valence-electron chi connectivity index (χ2n) is 3.20. The van der Waals surface area contributed by atoms with Gasteiger partial charge in [-0.15, -0.1) is 0 Å². The molecule has 16 heavy (non-hydrogen) atoms. The molecule has 2 heterocycles. The van der Waals surface area contributed by atoms with Gasteiger partial charge in [0.25, 0.3) is 0 Å². The van der Waals surface area contributed by atoms with Gasteiger partial charge in [-0.3, -0.25) is 4.40 Å². The molecular weight excluding hydrogens is 206 g/mol. The third-order valence-electron chi connectivity index (χ3n) is 2.20. The second-order valence-corrected chi connectivity index (χ2v) is 3.20. The number of ether oxygens (including phenoxy) is 1. The number of hydrogen-bond acceptors (Lipinski definition) is 4. The van der Waals surface area contributed by atoms with E-state index in [4.69, 9.17) is 4.74 Å². The normalized spacial score (nSPS) is 10.3. The first-order valence-corrected chi connectivity index (χ1v) is 4.59. The van der Waals surface area contributed by atoms with Crippen LogP contribution in [0.1, 0.15) is 11.4 Å². The quantitative estimate of drug-likeness (QED) is 0.797. The summed E-state index contributed by atoms with van der Waals surface area (Å²) in [4.78, 5) is 8.16. The zero-order chi connectivity index (χ0) is 11.7. The third-order valence-corrected chi connectivity index (χ3v) is 2.20. The molecule has 5 nitrogen and oxygen atoms in total. The number of fused-ring (bicyclic) bond motifs is 1. The van der Waals surface area contributed by atoms with Crippen molar-refractivity contribution >= 4 is 17.3 Å². The van der Waals surface area contributed by atoms with Crippen LogP contribution in [0.4, 0.5) is 0 Å². The van der Waals surface area contributed by atoms with E-state index in [0.29, 0.717) is 22.9 Å². The molecule has 0 radical (unpaired) electrons. The zero-order valence-electron chi connectivity index (χ0n) is 8.84. The van der Waals surface area contributed by atoms with Crippen molar-refractivity contribution in [2.75, 3.05) is 7.11 Å². The van der Waals surface area contributed by atoms with Gasteiger partial charge in [-0.1, -0.05) is 13.2 Å². The van der Waals surface area contributed by atoms with E-state index in [2.05, 4.69) is 23.1 Å². The van der Waals surface area contributed by atoms with Crippen LogP contribution in [0.2, 0.25) is 0 Å². The largest absolute Gasteiger partial charge is 0.506 e. The van der Waals surface area contributed by atoms with Crippen molar-refractivity contribution in [3.05, 3.63) is 43.0 Å². The van der Waals surface area contributed by atoms with E-state index >= 15 is 0 Å². The Kier molecular flexibility index (Phi) is 2.36. The van der Waals surface area contributed by atoms with Gasteiger partial charge in [-0.05, 0) is 6.07 Å². The molecule has 0 saturated carbocycles. The summed E-state index contributed by atoms with van der Waals surface area (Å²) < 4.78 is 6.79. The summed E-state index contributed by atoms with van der Waals surface area (Å²) in [7, 11) is 1.53. The van der Waals surface area contributed by atoms with E-state index in [1.165, 1.54) is 7.11 Å². The molecule has 0 saturated heterocycles. The Morgan fingerprint density at radius 3 is 2.88 bits per heavy atom. The lowest BCUT2D eigenvalue weighted by atomic mass is 10.2. The van der Waals surface area contributed by atoms with Crippen LogP contribution in [0.5, 0.6) is 0 Å². The highest BCUT2D eigenvalue weighted by Gasteiger charge is 2.10. The molecule has 0 amide bonds. The fourth-order valence-corrected chi connectivity index (χ4v) is 1.37. The number of hydrogen-bond donors (Lipinski definition) is 1. The fourth-order valence-electron chi connectivity index (χ4n) is 1.37. The maximum absolute atomic E-state index is 9.34. The summed E-state index contributed by atoms with van der Waals surface area (Å²) in [6, 6.07) is 1.64. The van der Waals surface area contributed by atoms with Crippen LogP contribution >= 0.6 is 0 Å². The molecule has 0 aromatic carbocycles. The van der Waals surface area contributed by atoms with E-state index in [-0.39, 0.29) is 5.76 Å². The highest BCUT2D eigenvalue weighted by atomic mass is 16.5. The molecule has 5 heteroatoms. The molecule has 0 aliphatic carbocycles. The number of aliphatic hydroxyl groups is 1. The molecule has 0 aliphatic heterocycles. The minimum atomic E-state index is -0.115. The summed E-state index contributed by atoms with van der Waals surface area (Å²) in [6.07, 6.45) is 3.35. The minimum absolute atomic E-state index is 0.115. The predicted octanol–water partition coefficient (Wildman–Crippen LogP) is 1.88. The van der Waals surface area contributed by atoms with E-state index in [1.807, 2.05) is 0 Å². The van der Waals surface area contributed by atoms with Crippen LogP contribution in [0, 0.1) is 0 Å². The lowest BCUT2D eigenvalue weighted by Crippen LogP contribution is -2.01. The Bertz CT molecular complexity index is 572. The maximum atomic E-state index is 9.34. The SMILES string of the molecule is C=C(O)c1cc(C(=C)OC)n2ccnc2n1. The van der Waals surface area contributed by atoms with E-state index in [0.717, 1.165) is 0 Å². The van der Waals surface area contributed by atoms with E-state index in [9.17, 15) is 5.11 Å². The standard InChI is InChI=1S/C11H11N3O2/c1-7(15)9-6-10(8(2)16-3)14-5-4-12-11(14)13-9/h4-6,15H,1-2H2,3H3. The molecular formula is C11H11N3O2. The van der Waals surface area contributed by atoms with Gasteiger partial charge in [-0.25, -0.2) is 9.97 Å². The smallest absolute Gasteiger partial charge is 0.234 e. The lowest BCUT2D eigenvalue weighted by molar-refractivity contribution is 0.369. The first-order chi connectivity index (χ1) is 7.63. The van der Waals surface area contributed by atoms with Crippen LogP contribution in [0.3, 0.4) is 0 Å². The van der Waals surface area contributed by atoms with Crippen molar-refractivity contribution in [2.24, 2.45) is 0 Å². The molecule has 1 N–H and O–H groups in total. The number of aromatic nitrogens is 3. The van der Waals surface area contributed by atoms with Crippen molar-refractivity contribution in [3.8, 4) is 0 Å². The molecule has 0 unspecified atom stereocenters. The molecule has 0 aliphatic rings. The van der Waals surface area contributed by atoms with Crippen molar-refractivity contribution < 1.29 is 9.84 Å². The Labute approximate surface area is 92.3 Å². The first kappa shape index (κ1) is 10.2. The monoisotopic (exact) mass is 217 g/mol. The summed E-state index contributed by atoms with van der Waals surface area (Å²) in [5.74, 6) is 0.810. The predicted molar refractivity (Wildman–Crippen MR) is 60.7 cm³/mol. The number of methoxy groups -OCH3 is 1. The maximum Gasteiger partial charge on any atom is 0.234 e. The number of nitrogens with zero attached hydrogens (tertiary/aromatic N) is 3. The first-order valence-electron chi connectivity index (χ1n) is 4.59. The fraction of sp³-hybridized carbons (Fsp3) is 0.0909. The lowest BCUT2D eigenvalue weighted by Gasteiger charge is -2.08. The van der Waals surface area contributed by atoms with E-state index in [1.54, 1.807) is 22.9 Å². The highest BCUT2D eigenvalue weighted by molar-refractivity contribution is 5.63. The van der Waals surface area contributed by atoms with Gasteiger partial charge in [0.1, 0.15) is 17.2 Å². The number of rotatable bonds is 3. The average molecular weight is 217 g/mol. The number of aliphatic hydroxyl groups excluding tert-OH is 1. The molecule has 0 fully saturated rings. The van der Waals surface area contributed by atoms with Crippen molar-refractivity contribution in [1.82, 2.24) is 14.4 Å². The molecule has 0 spiro atoms. The summed E-state index contributed by atoms with van der Waals surface area (Å²) in [6.45, 7) is 7.19. The van der Waals surface area contributed by atoms with Crippen molar-refractivity contribution in [2.45, 2.75) is 0 Å². The Balaban J connectivity index is 2.73. The van der Waals surface area contributed by atoms with Crippen LogP contribution in [-0.4, -0.2) is 26.6 Å². The van der Waals surface area contributed by atoms with Crippen LogP contribution in [0.15, 0.2) is 31.6 Å². The van der Waals surface area contributed by atoms with Crippen LogP contribution < -0.4 is 0 Å². The van der Waals surface area contributed by atoms with Gasteiger partial charge in [0, 0.05) is 12.4 Å². The molecule has 2 rings (SSSR count). The molecule has 0 atom stereocenters. The van der Waals surface area contributed by atoms with Gasteiger partial charge in [0.05, 0.1) is 12.8 Å². The van der Waals surface area contributed by atoms with Gasteiger partial charge in [0.15, 0.2) is 0 Å². The zero-order valence-corrected chi connectivity index (χ0v) is 8.84. The summed E-state index contributed by atoms with van der Waals surface area (Å²) in [5.41, 5.74) is 1.03. The summed E-state index contributed by atoms with van der Waals surface area (Å²) in [5, 5.41) is 9.34. The Morgan fingerprint density at radius 1 is 1.50 bits per heavy atom. The molecule has 2 aromatic heterocycles. The molecule has 82 valence electrons. The van der Waals surface area contributed by atoms with Crippen molar-refractivity contribution in [1.29, 1.82) is 0 Å². The van der Waals surface area contributed by atoms with Gasteiger partial charge >= 0.3 is 0 Å². The van der Waals surface area contributed by atoms with E-state index < -0.39 is 0 Å². The van der Waals surface area contributed by atoms with Gasteiger partial charge in [-0.2, -0.15) is 0 Å². The molecule has 0 bridgehead atoms. The minimum Gasteiger partial charge on any atom is -0.506 e. The summed E-state index contributed by atoms with van der Waals surface area (Å²) >= 11 is 0. The van der Waals surface area contributed by atoms with Crippen molar-refractivity contribution in [3.63, 3.8) is 0 Å². The van der Waals surface area contributed by atoms with Crippen LogP contribution in [0.25, 0.3) is 17.3 Å². The Hall–Kier alpha value is -2.30. The third kappa shape index (κ3) is 1.52. The van der Waals surface area contributed by atoms with Gasteiger partial charge in [0.2, 0.25) is 5.78 Å². The number of imidazole rings is 1. The van der Waals surface area contributed by atoms with Gasteiger partial charge < -0.3 is 9.84 Å². The topological polar surface area (TPSA) is 59.7 Å².